The van der Waals surface area contributed by atoms with Gasteiger partial charge >= 0.3 is 5.97 Å². The molecule has 1 aromatic rings. The number of anilines is 1. The minimum Gasteiger partial charge on any atom is -0.460 e. The average molecular weight is 251 g/mol. The molecule has 0 radical (unpaired) electrons. The van der Waals surface area contributed by atoms with Crippen molar-refractivity contribution < 1.29 is 14.3 Å². The molecule has 1 rings (SSSR count). The van der Waals surface area contributed by atoms with Gasteiger partial charge in [0.15, 0.2) is 0 Å². The summed E-state index contributed by atoms with van der Waals surface area (Å²) in [6.45, 7) is 8.37. The van der Waals surface area contributed by atoms with Crippen LogP contribution in [0.5, 0.6) is 0 Å². The molecule has 1 aromatic carbocycles. The van der Waals surface area contributed by atoms with Crippen molar-refractivity contribution in [3.63, 3.8) is 0 Å². The monoisotopic (exact) mass is 251 g/mol. The van der Waals surface area contributed by atoms with Gasteiger partial charge in [-0.3, -0.25) is 0 Å². The van der Waals surface area contributed by atoms with Crippen LogP contribution in [0.1, 0.15) is 36.7 Å². The SMILES string of the molecule is Cc1cc(N)cc(C(=O)OCCOC(C)(C)C)c1. The lowest BCUT2D eigenvalue weighted by molar-refractivity contribution is -0.0281. The maximum atomic E-state index is 11.7. The zero-order valence-corrected chi connectivity index (χ0v) is 11.4. The van der Waals surface area contributed by atoms with Gasteiger partial charge in [0.25, 0.3) is 0 Å². The van der Waals surface area contributed by atoms with Crippen molar-refractivity contribution in [1.82, 2.24) is 0 Å². The number of esters is 1. The highest BCUT2D eigenvalue weighted by Gasteiger charge is 2.11. The fourth-order valence-corrected chi connectivity index (χ4v) is 1.50. The van der Waals surface area contributed by atoms with Crippen LogP contribution in [0.3, 0.4) is 0 Å². The van der Waals surface area contributed by atoms with Crippen molar-refractivity contribution in [3.05, 3.63) is 29.3 Å². The molecule has 0 aliphatic carbocycles. The summed E-state index contributed by atoms with van der Waals surface area (Å²) in [6.07, 6.45) is 0. The molecule has 2 N–H and O–H groups in total. The molecule has 0 atom stereocenters. The van der Waals surface area contributed by atoms with E-state index >= 15 is 0 Å². The Labute approximate surface area is 108 Å². The lowest BCUT2D eigenvalue weighted by atomic mass is 10.1. The molecule has 0 bridgehead atoms. The van der Waals surface area contributed by atoms with Crippen LogP contribution in [0, 0.1) is 6.92 Å². The van der Waals surface area contributed by atoms with E-state index in [4.69, 9.17) is 15.2 Å². The molecule has 4 nitrogen and oxygen atoms in total. The minimum absolute atomic E-state index is 0.222. The van der Waals surface area contributed by atoms with Gasteiger partial charge in [-0.1, -0.05) is 0 Å². The first-order chi connectivity index (χ1) is 8.28. The number of aryl methyl sites for hydroxylation is 1. The number of nitrogens with two attached hydrogens (primary N) is 1. The fourth-order valence-electron chi connectivity index (χ4n) is 1.50. The lowest BCUT2D eigenvalue weighted by Gasteiger charge is -2.19. The van der Waals surface area contributed by atoms with Crippen LogP contribution in [0.4, 0.5) is 5.69 Å². The first kappa shape index (κ1) is 14.5. The highest BCUT2D eigenvalue weighted by molar-refractivity contribution is 5.90. The molecule has 0 aliphatic rings. The van der Waals surface area contributed by atoms with Gasteiger partial charge in [0, 0.05) is 5.69 Å². The summed E-state index contributed by atoms with van der Waals surface area (Å²) in [5.74, 6) is -0.372. The smallest absolute Gasteiger partial charge is 0.338 e. The second-order valence-electron chi connectivity index (χ2n) is 5.23. The first-order valence-corrected chi connectivity index (χ1v) is 5.96. The van der Waals surface area contributed by atoms with Gasteiger partial charge in [0.1, 0.15) is 6.61 Å². The molecule has 18 heavy (non-hydrogen) atoms. The molecular formula is C14H21NO3. The molecule has 0 unspecified atom stereocenters. The molecule has 0 spiro atoms. The number of rotatable bonds is 4. The number of ether oxygens (including phenoxy) is 2. The normalized spacial score (nSPS) is 11.3. The largest absolute Gasteiger partial charge is 0.460 e. The molecule has 0 amide bonds. The Kier molecular flexibility index (Phi) is 4.73. The van der Waals surface area contributed by atoms with Gasteiger partial charge in [-0.25, -0.2) is 4.79 Å². The maximum Gasteiger partial charge on any atom is 0.338 e. The first-order valence-electron chi connectivity index (χ1n) is 5.96. The fraction of sp³-hybridized carbons (Fsp3) is 0.500. The minimum atomic E-state index is -0.372. The maximum absolute atomic E-state index is 11.7. The van der Waals surface area contributed by atoms with Gasteiger partial charge in [-0.2, -0.15) is 0 Å². The van der Waals surface area contributed by atoms with Crippen molar-refractivity contribution in [3.8, 4) is 0 Å². The van der Waals surface area contributed by atoms with Crippen LogP contribution in [-0.2, 0) is 9.47 Å². The quantitative estimate of drug-likeness (QED) is 0.507. The van der Waals surface area contributed by atoms with Crippen LogP contribution in [0.2, 0.25) is 0 Å². The van der Waals surface area contributed by atoms with E-state index in [0.29, 0.717) is 17.9 Å². The number of hydrogen-bond donors (Lipinski definition) is 1. The highest BCUT2D eigenvalue weighted by Crippen LogP contribution is 2.12. The van der Waals surface area contributed by atoms with Crippen LogP contribution in [0.25, 0.3) is 0 Å². The molecular weight excluding hydrogens is 230 g/mol. The van der Waals surface area contributed by atoms with Crippen LogP contribution in [-0.4, -0.2) is 24.8 Å². The highest BCUT2D eigenvalue weighted by atomic mass is 16.6. The molecule has 0 fully saturated rings. The lowest BCUT2D eigenvalue weighted by Crippen LogP contribution is -2.22. The zero-order valence-electron chi connectivity index (χ0n) is 11.4. The van der Waals surface area contributed by atoms with E-state index < -0.39 is 0 Å². The zero-order chi connectivity index (χ0) is 13.8. The Morgan fingerprint density at radius 2 is 1.89 bits per heavy atom. The number of carbonyl (C=O) groups is 1. The molecule has 0 aromatic heterocycles. The van der Waals surface area contributed by atoms with E-state index in [0.717, 1.165) is 5.56 Å². The third kappa shape index (κ3) is 5.19. The second kappa shape index (κ2) is 5.87. The summed E-state index contributed by atoms with van der Waals surface area (Å²) in [4.78, 5) is 11.7. The number of carbonyl (C=O) groups excluding carboxylic acids is 1. The molecule has 4 heteroatoms. The second-order valence-corrected chi connectivity index (χ2v) is 5.23. The third-order valence-electron chi connectivity index (χ3n) is 2.19. The van der Waals surface area contributed by atoms with E-state index in [2.05, 4.69) is 0 Å². The van der Waals surface area contributed by atoms with Crippen molar-refractivity contribution in [2.45, 2.75) is 33.3 Å². The predicted molar refractivity (Wildman–Crippen MR) is 71.6 cm³/mol. The number of hydrogen-bond acceptors (Lipinski definition) is 4. The van der Waals surface area contributed by atoms with Crippen LogP contribution in [0.15, 0.2) is 18.2 Å². The van der Waals surface area contributed by atoms with Gasteiger partial charge < -0.3 is 15.2 Å². The molecule has 0 heterocycles. The van der Waals surface area contributed by atoms with Crippen molar-refractivity contribution >= 4 is 11.7 Å². The Morgan fingerprint density at radius 3 is 2.44 bits per heavy atom. The average Bonchev–Trinajstić information content (AvgIpc) is 2.21. The standard InChI is InChI=1S/C14H21NO3/c1-10-7-11(9-12(15)8-10)13(16)17-5-6-18-14(2,3)4/h7-9H,5-6,15H2,1-4H3. The van der Waals surface area contributed by atoms with Crippen LogP contribution >= 0.6 is 0 Å². The summed E-state index contributed by atoms with van der Waals surface area (Å²) in [6, 6.07) is 5.17. The van der Waals surface area contributed by atoms with Gasteiger partial charge in [-0.05, 0) is 51.5 Å². The topological polar surface area (TPSA) is 61.6 Å². The Bertz CT molecular complexity index is 401. The van der Waals surface area contributed by atoms with Crippen molar-refractivity contribution in [2.75, 3.05) is 18.9 Å². The summed E-state index contributed by atoms with van der Waals surface area (Å²) >= 11 is 0. The van der Waals surface area contributed by atoms with E-state index in [1.54, 1.807) is 18.2 Å². The van der Waals surface area contributed by atoms with E-state index in [-0.39, 0.29) is 18.2 Å². The molecule has 0 saturated heterocycles. The van der Waals surface area contributed by atoms with Crippen molar-refractivity contribution in [1.29, 1.82) is 0 Å². The van der Waals surface area contributed by atoms with Crippen LogP contribution < -0.4 is 5.73 Å². The Hall–Kier alpha value is -1.55. The Morgan fingerprint density at radius 1 is 1.22 bits per heavy atom. The summed E-state index contributed by atoms with van der Waals surface area (Å²) in [7, 11) is 0. The number of nitrogen functional groups attached to an aromatic ring is 1. The summed E-state index contributed by atoms with van der Waals surface area (Å²) in [5.41, 5.74) is 7.43. The van der Waals surface area contributed by atoms with E-state index in [1.807, 2.05) is 27.7 Å². The van der Waals surface area contributed by atoms with Gasteiger partial charge in [0.05, 0.1) is 17.8 Å². The number of benzene rings is 1. The van der Waals surface area contributed by atoms with Gasteiger partial charge in [-0.15, -0.1) is 0 Å². The van der Waals surface area contributed by atoms with E-state index in [9.17, 15) is 4.79 Å². The van der Waals surface area contributed by atoms with Gasteiger partial charge in [0.2, 0.25) is 0 Å². The predicted octanol–water partition coefficient (Wildman–Crippen LogP) is 2.55. The van der Waals surface area contributed by atoms with Crippen molar-refractivity contribution in [2.24, 2.45) is 0 Å². The van der Waals surface area contributed by atoms with E-state index in [1.165, 1.54) is 0 Å². The third-order valence-corrected chi connectivity index (χ3v) is 2.19. The molecule has 100 valence electrons. The molecule has 0 aliphatic heterocycles. The summed E-state index contributed by atoms with van der Waals surface area (Å²) in [5, 5.41) is 0. The molecule has 0 saturated carbocycles. The Balaban J connectivity index is 2.46. The summed E-state index contributed by atoms with van der Waals surface area (Å²) < 4.78 is 10.6.